The van der Waals surface area contributed by atoms with Crippen LogP contribution in [0.3, 0.4) is 0 Å². The van der Waals surface area contributed by atoms with Crippen LogP contribution in [0.4, 0.5) is 14.5 Å². The Hall–Kier alpha value is -2.50. The Kier molecular flexibility index (Phi) is 9.40. The Balaban J connectivity index is 0.00000364. The quantitative estimate of drug-likeness (QED) is 0.203. The maximum atomic E-state index is 12.4. The molecule has 146 valence electrons. The van der Waals surface area contributed by atoms with Crippen LogP contribution in [0.2, 0.25) is 0 Å². The van der Waals surface area contributed by atoms with Gasteiger partial charge in [0.25, 0.3) is 5.69 Å². The molecule has 0 aliphatic carbocycles. The molecular weight excluding hydrogens is 473 g/mol. The molecule has 2 aromatic carbocycles. The Morgan fingerprint density at radius 1 is 1.15 bits per heavy atom. The number of rotatable bonds is 7. The zero-order chi connectivity index (χ0) is 18.9. The Labute approximate surface area is 172 Å². The minimum Gasteiger partial charge on any atom is -0.434 e. The molecule has 0 saturated heterocycles. The van der Waals surface area contributed by atoms with Crippen molar-refractivity contribution < 1.29 is 18.4 Å². The number of hydrogen-bond acceptors (Lipinski definition) is 4. The summed E-state index contributed by atoms with van der Waals surface area (Å²) in [5.74, 6) is 0.552. The van der Waals surface area contributed by atoms with Gasteiger partial charge >= 0.3 is 6.61 Å². The van der Waals surface area contributed by atoms with E-state index in [1.165, 1.54) is 18.2 Å². The molecule has 2 rings (SSSR count). The highest BCUT2D eigenvalue weighted by Gasteiger charge is 2.09. The number of para-hydroxylation sites is 1. The lowest BCUT2D eigenvalue weighted by molar-refractivity contribution is -0.384. The monoisotopic (exact) mass is 492 g/mol. The number of halogens is 3. The topological polar surface area (TPSA) is 88.8 Å². The summed E-state index contributed by atoms with van der Waals surface area (Å²) < 4.78 is 29.3. The highest BCUT2D eigenvalue weighted by molar-refractivity contribution is 14.0. The van der Waals surface area contributed by atoms with Gasteiger partial charge in [0.1, 0.15) is 5.75 Å². The molecule has 2 N–H and O–H groups in total. The number of nitro benzene ring substituents is 1. The molecule has 0 aliphatic heterocycles. The van der Waals surface area contributed by atoms with Gasteiger partial charge in [-0.25, -0.2) is 0 Å². The third kappa shape index (κ3) is 7.33. The number of nitro groups is 1. The van der Waals surface area contributed by atoms with Crippen LogP contribution in [0.5, 0.6) is 5.75 Å². The third-order valence-corrected chi connectivity index (χ3v) is 3.47. The second kappa shape index (κ2) is 11.3. The average Bonchev–Trinajstić information content (AvgIpc) is 2.63. The molecule has 0 heterocycles. The van der Waals surface area contributed by atoms with E-state index >= 15 is 0 Å². The molecule has 0 aliphatic rings. The largest absolute Gasteiger partial charge is 0.434 e. The standard InChI is InChI=1S/C17H18F2N4O3.HI/c1-20-17(21-10-12-6-8-14(9-7-12)23(24)25)22-11-13-4-2-3-5-15(13)26-16(18)19;/h2-9,16H,10-11H2,1H3,(H2,20,21,22);1H. The Morgan fingerprint density at radius 3 is 2.37 bits per heavy atom. The maximum Gasteiger partial charge on any atom is 0.387 e. The van der Waals surface area contributed by atoms with Crippen molar-refractivity contribution >= 4 is 35.6 Å². The normalized spacial score (nSPS) is 10.9. The number of aliphatic imine (C=N–C) groups is 1. The van der Waals surface area contributed by atoms with Crippen molar-refractivity contribution in [1.29, 1.82) is 0 Å². The van der Waals surface area contributed by atoms with Gasteiger partial charge in [-0.3, -0.25) is 15.1 Å². The molecule has 0 amide bonds. The zero-order valence-electron chi connectivity index (χ0n) is 14.4. The van der Waals surface area contributed by atoms with E-state index < -0.39 is 11.5 Å². The van der Waals surface area contributed by atoms with Gasteiger partial charge in [0, 0.05) is 37.8 Å². The van der Waals surface area contributed by atoms with E-state index in [1.807, 2.05) is 0 Å². The van der Waals surface area contributed by atoms with E-state index in [2.05, 4.69) is 20.4 Å². The van der Waals surface area contributed by atoms with Crippen molar-refractivity contribution in [3.05, 3.63) is 69.8 Å². The average molecular weight is 492 g/mol. The number of hydrogen-bond donors (Lipinski definition) is 2. The van der Waals surface area contributed by atoms with Crippen LogP contribution < -0.4 is 15.4 Å². The van der Waals surface area contributed by atoms with Crippen molar-refractivity contribution in [1.82, 2.24) is 10.6 Å². The summed E-state index contributed by atoms with van der Waals surface area (Å²) in [7, 11) is 1.58. The van der Waals surface area contributed by atoms with Gasteiger partial charge in [0.2, 0.25) is 0 Å². The zero-order valence-corrected chi connectivity index (χ0v) is 16.7. The molecule has 2 aromatic rings. The van der Waals surface area contributed by atoms with Gasteiger partial charge in [-0.15, -0.1) is 24.0 Å². The first-order valence-corrected chi connectivity index (χ1v) is 7.70. The second-order valence-corrected chi connectivity index (χ2v) is 5.19. The summed E-state index contributed by atoms with van der Waals surface area (Å²) in [5.41, 5.74) is 1.41. The van der Waals surface area contributed by atoms with Gasteiger partial charge in [0.15, 0.2) is 5.96 Å². The molecule has 0 bridgehead atoms. The predicted molar refractivity (Wildman–Crippen MR) is 109 cm³/mol. The smallest absolute Gasteiger partial charge is 0.387 e. The maximum absolute atomic E-state index is 12.4. The lowest BCUT2D eigenvalue weighted by atomic mass is 10.2. The van der Waals surface area contributed by atoms with E-state index in [4.69, 9.17) is 0 Å². The third-order valence-electron chi connectivity index (χ3n) is 3.47. The second-order valence-electron chi connectivity index (χ2n) is 5.19. The minimum absolute atomic E-state index is 0. The summed E-state index contributed by atoms with van der Waals surface area (Å²) in [6.45, 7) is -2.26. The fraction of sp³-hybridized carbons (Fsp3) is 0.235. The van der Waals surface area contributed by atoms with Gasteiger partial charge in [0.05, 0.1) is 4.92 Å². The molecule has 0 spiro atoms. The first-order chi connectivity index (χ1) is 12.5. The molecule has 0 unspecified atom stereocenters. The van der Waals surface area contributed by atoms with Crippen molar-refractivity contribution in [2.45, 2.75) is 19.7 Å². The minimum atomic E-state index is -2.89. The fourth-order valence-electron chi connectivity index (χ4n) is 2.18. The first kappa shape index (κ1) is 22.5. The van der Waals surface area contributed by atoms with Crippen molar-refractivity contribution in [3.63, 3.8) is 0 Å². The van der Waals surface area contributed by atoms with Gasteiger partial charge < -0.3 is 15.4 Å². The number of non-ortho nitro benzene ring substituents is 1. The van der Waals surface area contributed by atoms with Crippen LogP contribution in [-0.4, -0.2) is 24.5 Å². The number of nitrogens with zero attached hydrogens (tertiary/aromatic N) is 2. The van der Waals surface area contributed by atoms with E-state index in [1.54, 1.807) is 37.4 Å². The van der Waals surface area contributed by atoms with Crippen LogP contribution in [0.15, 0.2) is 53.5 Å². The summed E-state index contributed by atoms with van der Waals surface area (Å²) in [5, 5.41) is 16.7. The molecule has 0 atom stereocenters. The lowest BCUT2D eigenvalue weighted by Crippen LogP contribution is -2.36. The summed E-state index contributed by atoms with van der Waals surface area (Å²) in [6, 6.07) is 12.6. The number of alkyl halides is 2. The Morgan fingerprint density at radius 2 is 1.78 bits per heavy atom. The highest BCUT2D eigenvalue weighted by atomic mass is 127. The number of ether oxygens (including phenoxy) is 1. The molecule has 0 radical (unpaired) electrons. The first-order valence-electron chi connectivity index (χ1n) is 7.70. The molecule has 10 heteroatoms. The van der Waals surface area contributed by atoms with Crippen LogP contribution in [0.25, 0.3) is 0 Å². The fourth-order valence-corrected chi connectivity index (χ4v) is 2.18. The molecule has 0 saturated carbocycles. The summed E-state index contributed by atoms with van der Waals surface area (Å²) >= 11 is 0. The van der Waals surface area contributed by atoms with Crippen molar-refractivity contribution in [2.24, 2.45) is 4.99 Å². The Bertz CT molecular complexity index is 773. The van der Waals surface area contributed by atoms with E-state index in [0.717, 1.165) is 5.56 Å². The number of guanidine groups is 1. The van der Waals surface area contributed by atoms with Crippen molar-refractivity contribution in [2.75, 3.05) is 7.05 Å². The summed E-state index contributed by atoms with van der Waals surface area (Å²) in [4.78, 5) is 14.2. The lowest BCUT2D eigenvalue weighted by Gasteiger charge is -2.14. The molecule has 27 heavy (non-hydrogen) atoms. The van der Waals surface area contributed by atoms with Crippen LogP contribution in [-0.2, 0) is 13.1 Å². The van der Waals surface area contributed by atoms with E-state index in [-0.39, 0.29) is 42.0 Å². The molecule has 0 fully saturated rings. The van der Waals surface area contributed by atoms with E-state index in [0.29, 0.717) is 18.1 Å². The van der Waals surface area contributed by atoms with Gasteiger partial charge in [-0.1, -0.05) is 30.3 Å². The van der Waals surface area contributed by atoms with Crippen LogP contribution in [0.1, 0.15) is 11.1 Å². The summed E-state index contributed by atoms with van der Waals surface area (Å²) in [6.07, 6.45) is 0. The highest BCUT2D eigenvalue weighted by Crippen LogP contribution is 2.19. The van der Waals surface area contributed by atoms with E-state index in [9.17, 15) is 18.9 Å². The number of nitrogens with one attached hydrogen (secondary N) is 2. The van der Waals surface area contributed by atoms with Crippen molar-refractivity contribution in [3.8, 4) is 5.75 Å². The van der Waals surface area contributed by atoms with Gasteiger partial charge in [-0.05, 0) is 11.6 Å². The number of benzene rings is 2. The van der Waals surface area contributed by atoms with Gasteiger partial charge in [-0.2, -0.15) is 8.78 Å². The van der Waals surface area contributed by atoms with Crippen LogP contribution >= 0.6 is 24.0 Å². The van der Waals surface area contributed by atoms with Crippen LogP contribution in [0, 0.1) is 10.1 Å². The molecule has 0 aromatic heterocycles. The molecule has 7 nitrogen and oxygen atoms in total. The predicted octanol–water partition coefficient (Wildman–Crippen LogP) is 3.68. The SMILES string of the molecule is CN=C(NCc1ccc([N+](=O)[O-])cc1)NCc1ccccc1OC(F)F.I. The molecular formula is C17H19F2IN4O3.